The second-order valence-electron chi connectivity index (χ2n) is 2.46. The maximum absolute atomic E-state index is 9.10. The average molecular weight is 164 g/mol. The van der Waals surface area contributed by atoms with Crippen LogP contribution >= 0.6 is 0 Å². The lowest BCUT2D eigenvalue weighted by molar-refractivity contribution is 0.0229. The quantitative estimate of drug-likeness (QED) is 0.441. The van der Waals surface area contributed by atoms with Crippen molar-refractivity contribution in [1.82, 2.24) is 0 Å². The summed E-state index contributed by atoms with van der Waals surface area (Å²) in [7, 11) is -0.577. The van der Waals surface area contributed by atoms with Crippen molar-refractivity contribution in [3.8, 4) is 0 Å². The zero-order valence-corrected chi connectivity index (χ0v) is 7.74. The van der Waals surface area contributed by atoms with Gasteiger partial charge in [-0.05, 0) is 0 Å². The Morgan fingerprint density at radius 2 is 2.00 bits per heavy atom. The fourth-order valence-electron chi connectivity index (χ4n) is 0.727. The molecule has 0 rings (SSSR count). The molecule has 0 bridgehead atoms. The topological polar surface area (TPSA) is 60.7 Å². The number of hydrogen-bond acceptors (Lipinski definition) is 3. The van der Waals surface area contributed by atoms with Crippen LogP contribution < -0.4 is 0 Å². The normalized spacial score (nSPS) is 18.0. The minimum Gasteiger partial charge on any atom is -0.394 e. The van der Waals surface area contributed by atoms with Crippen molar-refractivity contribution in [3.63, 3.8) is 0 Å². The Kier molecular flexibility index (Phi) is 5.91. The molecule has 0 aliphatic rings. The predicted molar refractivity (Wildman–Crippen MR) is 42.7 cm³/mol. The predicted octanol–water partition coefficient (Wildman–Crippen LogP) is -1.34. The summed E-state index contributed by atoms with van der Waals surface area (Å²) in [4.78, 5) is 0. The second-order valence-corrected chi connectivity index (χ2v) is 4.58. The highest BCUT2D eigenvalue weighted by Crippen LogP contribution is 1.95. The number of hydrogen-bond donors (Lipinski definition) is 3. The summed E-state index contributed by atoms with van der Waals surface area (Å²) in [6, 6.07) is 1.03. The van der Waals surface area contributed by atoms with Gasteiger partial charge in [-0.3, -0.25) is 0 Å². The molecule has 2 atom stereocenters. The van der Waals surface area contributed by atoms with Crippen LogP contribution in [0, 0.1) is 0 Å². The zero-order chi connectivity index (χ0) is 7.98. The summed E-state index contributed by atoms with van der Waals surface area (Å²) < 4.78 is 0. The molecule has 3 N–H and O–H groups in total. The number of aliphatic hydroxyl groups excluding tert-OH is 3. The molecule has 0 heterocycles. The summed E-state index contributed by atoms with van der Waals surface area (Å²) in [6.45, 7) is 1.73. The first-order valence-electron chi connectivity index (χ1n) is 3.69. The van der Waals surface area contributed by atoms with E-state index in [0.29, 0.717) is 0 Å². The third-order valence-electron chi connectivity index (χ3n) is 1.48. The van der Waals surface area contributed by atoms with Gasteiger partial charge in [0.05, 0.1) is 28.0 Å². The largest absolute Gasteiger partial charge is 0.394 e. The highest BCUT2D eigenvalue weighted by Gasteiger charge is 2.13. The molecule has 0 fully saturated rings. The fraction of sp³-hybridized carbons (Fsp3) is 1.00. The van der Waals surface area contributed by atoms with Gasteiger partial charge in [0.25, 0.3) is 0 Å². The van der Waals surface area contributed by atoms with Gasteiger partial charge in [-0.25, -0.2) is 0 Å². The van der Waals surface area contributed by atoms with Crippen molar-refractivity contribution in [2.24, 2.45) is 0 Å². The Hall–Kier alpha value is 0.0969. The third-order valence-corrected chi connectivity index (χ3v) is 3.74. The van der Waals surface area contributed by atoms with Gasteiger partial charge in [0.1, 0.15) is 0 Å². The molecule has 0 radical (unpaired) electrons. The summed E-state index contributed by atoms with van der Waals surface area (Å²) >= 11 is 0. The van der Waals surface area contributed by atoms with Gasteiger partial charge >= 0.3 is 0 Å². The Balaban J connectivity index is 3.31. The van der Waals surface area contributed by atoms with Crippen LogP contribution in [0.25, 0.3) is 0 Å². The number of aliphatic hydroxyl groups is 3. The molecule has 0 aromatic carbocycles. The summed E-state index contributed by atoms with van der Waals surface area (Å²) in [6.07, 6.45) is 0.153. The molecule has 0 saturated heterocycles. The molecule has 0 aliphatic carbocycles. The molecule has 62 valence electrons. The van der Waals surface area contributed by atoms with E-state index in [1.165, 1.54) is 0 Å². The third kappa shape index (κ3) is 4.00. The SMILES string of the molecule is CCC[SiH2]C(O)C(O)CO. The van der Waals surface area contributed by atoms with Crippen LogP contribution in [-0.2, 0) is 0 Å². The van der Waals surface area contributed by atoms with Crippen LogP contribution in [0.5, 0.6) is 0 Å². The Bertz CT molecular complexity index is 79.4. The van der Waals surface area contributed by atoms with Crippen LogP contribution in [0.1, 0.15) is 13.3 Å². The van der Waals surface area contributed by atoms with E-state index in [4.69, 9.17) is 15.3 Å². The smallest absolute Gasteiger partial charge is 0.0992 e. The highest BCUT2D eigenvalue weighted by atomic mass is 28.2. The van der Waals surface area contributed by atoms with Gasteiger partial charge in [0, 0.05) is 0 Å². The van der Waals surface area contributed by atoms with Crippen LogP contribution in [0.4, 0.5) is 0 Å². The van der Waals surface area contributed by atoms with Crippen LogP contribution in [-0.4, -0.2) is 43.3 Å². The van der Waals surface area contributed by atoms with Gasteiger partial charge in [-0.1, -0.05) is 19.4 Å². The zero-order valence-electron chi connectivity index (χ0n) is 6.32. The van der Waals surface area contributed by atoms with E-state index in [1.54, 1.807) is 0 Å². The summed E-state index contributed by atoms with van der Waals surface area (Å²) in [5.41, 5.74) is -0.620. The van der Waals surface area contributed by atoms with Crippen molar-refractivity contribution < 1.29 is 15.3 Å². The average Bonchev–Trinajstić information content (AvgIpc) is 1.98. The van der Waals surface area contributed by atoms with Crippen LogP contribution in [0.2, 0.25) is 6.04 Å². The maximum Gasteiger partial charge on any atom is 0.0992 e. The molecule has 0 aromatic rings. The van der Waals surface area contributed by atoms with E-state index in [1.807, 2.05) is 6.92 Å². The van der Waals surface area contributed by atoms with Gasteiger partial charge in [-0.15, -0.1) is 0 Å². The lowest BCUT2D eigenvalue weighted by Crippen LogP contribution is -2.34. The first kappa shape index (κ1) is 10.1. The molecule has 0 aromatic heterocycles. The highest BCUT2D eigenvalue weighted by molar-refractivity contribution is 6.37. The van der Waals surface area contributed by atoms with E-state index < -0.39 is 21.4 Å². The van der Waals surface area contributed by atoms with Gasteiger partial charge < -0.3 is 15.3 Å². The van der Waals surface area contributed by atoms with Crippen molar-refractivity contribution in [1.29, 1.82) is 0 Å². The maximum atomic E-state index is 9.10. The molecule has 0 amide bonds. The molecule has 0 saturated carbocycles. The lowest BCUT2D eigenvalue weighted by Gasteiger charge is -2.13. The molecule has 3 nitrogen and oxygen atoms in total. The molecule has 4 heteroatoms. The Morgan fingerprint density at radius 3 is 2.40 bits per heavy atom. The number of rotatable bonds is 5. The van der Waals surface area contributed by atoms with Crippen molar-refractivity contribution >= 4 is 9.52 Å². The van der Waals surface area contributed by atoms with E-state index in [2.05, 4.69) is 0 Å². The van der Waals surface area contributed by atoms with Gasteiger partial charge in [0.2, 0.25) is 0 Å². The van der Waals surface area contributed by atoms with E-state index in [0.717, 1.165) is 12.5 Å². The van der Waals surface area contributed by atoms with Crippen molar-refractivity contribution in [3.05, 3.63) is 0 Å². The van der Waals surface area contributed by atoms with Crippen LogP contribution in [0.3, 0.4) is 0 Å². The van der Waals surface area contributed by atoms with Gasteiger partial charge in [0.15, 0.2) is 0 Å². The lowest BCUT2D eigenvalue weighted by atomic mass is 10.4. The first-order chi connectivity index (χ1) is 4.72. The fourth-order valence-corrected chi connectivity index (χ4v) is 2.09. The van der Waals surface area contributed by atoms with E-state index in [9.17, 15) is 0 Å². The van der Waals surface area contributed by atoms with Crippen molar-refractivity contribution in [2.45, 2.75) is 31.2 Å². The summed E-state index contributed by atoms with van der Waals surface area (Å²) in [5.74, 6) is 0. The molecule has 0 aliphatic heterocycles. The summed E-state index contributed by atoms with van der Waals surface area (Å²) in [5, 5.41) is 26.4. The standard InChI is InChI=1S/C6H16O3Si/c1-2-3-10-6(9)5(8)4-7/h5-9H,2-4,10H2,1H3. The van der Waals surface area contributed by atoms with Crippen LogP contribution in [0.15, 0.2) is 0 Å². The Morgan fingerprint density at radius 1 is 1.40 bits per heavy atom. The molecular formula is C6H16O3Si. The second kappa shape index (κ2) is 5.85. The molecular weight excluding hydrogens is 148 g/mol. The van der Waals surface area contributed by atoms with Crippen molar-refractivity contribution in [2.75, 3.05) is 6.61 Å². The van der Waals surface area contributed by atoms with Gasteiger partial charge in [-0.2, -0.15) is 0 Å². The van der Waals surface area contributed by atoms with E-state index >= 15 is 0 Å². The molecule has 0 spiro atoms. The minimum atomic E-state index is -0.904. The monoisotopic (exact) mass is 164 g/mol. The molecule has 2 unspecified atom stereocenters. The minimum absolute atomic E-state index is 0.322. The first-order valence-corrected chi connectivity index (χ1v) is 5.51. The van der Waals surface area contributed by atoms with E-state index in [-0.39, 0.29) is 6.61 Å². The molecule has 10 heavy (non-hydrogen) atoms. The Labute approximate surface area is 63.5 Å².